The molecule has 0 bridgehead atoms. The van der Waals surface area contributed by atoms with E-state index in [0.717, 1.165) is 12.3 Å². The maximum Gasteiger partial charge on any atom is 0.192 e. The molecule has 0 saturated heterocycles. The van der Waals surface area contributed by atoms with Crippen molar-refractivity contribution in [3.05, 3.63) is 12.7 Å². The molecule has 2 heteroatoms. The highest BCUT2D eigenvalue weighted by atomic mass is 28.4. The zero-order valence-corrected chi connectivity index (χ0v) is 14.1. The molecule has 0 unspecified atom stereocenters. The molecule has 0 spiro atoms. The second-order valence-corrected chi connectivity index (χ2v) is 12.1. The molecule has 0 heterocycles. The number of rotatable bonds is 6. The first kappa shape index (κ1) is 16.0. The fraction of sp³-hybridized carbons (Fsp3) is 0.875. The van der Waals surface area contributed by atoms with Crippen LogP contribution in [0.1, 0.15) is 59.3 Å². The second-order valence-electron chi connectivity index (χ2n) is 7.33. The van der Waals surface area contributed by atoms with Crippen LogP contribution in [0.3, 0.4) is 0 Å². The molecule has 18 heavy (non-hydrogen) atoms. The molecule has 0 radical (unpaired) electrons. The van der Waals surface area contributed by atoms with Gasteiger partial charge in [0.2, 0.25) is 0 Å². The zero-order chi connectivity index (χ0) is 13.8. The number of unbranched alkanes of at least 4 members (excludes halogenated alkanes) is 1. The van der Waals surface area contributed by atoms with Crippen molar-refractivity contribution in [3.8, 4) is 0 Å². The number of hydrogen-bond donors (Lipinski definition) is 0. The topological polar surface area (TPSA) is 9.23 Å². The van der Waals surface area contributed by atoms with Crippen molar-refractivity contribution in [1.29, 1.82) is 0 Å². The summed E-state index contributed by atoms with van der Waals surface area (Å²) in [6, 6.07) is 0. The van der Waals surface area contributed by atoms with Crippen molar-refractivity contribution < 1.29 is 4.43 Å². The first-order chi connectivity index (χ1) is 8.28. The predicted octanol–water partition coefficient (Wildman–Crippen LogP) is 5.53. The van der Waals surface area contributed by atoms with Gasteiger partial charge >= 0.3 is 0 Å². The van der Waals surface area contributed by atoms with Crippen molar-refractivity contribution >= 4 is 8.32 Å². The van der Waals surface area contributed by atoms with Gasteiger partial charge in [-0.05, 0) is 56.2 Å². The highest BCUT2D eigenvalue weighted by molar-refractivity contribution is 6.74. The van der Waals surface area contributed by atoms with Crippen molar-refractivity contribution in [2.75, 3.05) is 0 Å². The van der Waals surface area contributed by atoms with Crippen LogP contribution >= 0.6 is 0 Å². The smallest absolute Gasteiger partial charge is 0.192 e. The van der Waals surface area contributed by atoms with Gasteiger partial charge in [-0.15, -0.1) is 6.58 Å². The third-order valence-electron chi connectivity index (χ3n) is 4.82. The molecule has 0 aromatic rings. The molecule has 0 aromatic heterocycles. The van der Waals surface area contributed by atoms with Crippen LogP contribution in [0.15, 0.2) is 12.7 Å². The van der Waals surface area contributed by atoms with Gasteiger partial charge in [-0.1, -0.05) is 33.3 Å². The summed E-state index contributed by atoms with van der Waals surface area (Å²) in [5.41, 5.74) is 0. The number of hydrogen-bond acceptors (Lipinski definition) is 1. The summed E-state index contributed by atoms with van der Waals surface area (Å²) in [6.07, 6.45) is 10.4. The Labute approximate surface area is 115 Å². The van der Waals surface area contributed by atoms with E-state index in [2.05, 4.69) is 40.4 Å². The van der Waals surface area contributed by atoms with Gasteiger partial charge in [0.15, 0.2) is 8.32 Å². The fourth-order valence-electron chi connectivity index (χ4n) is 2.57. The van der Waals surface area contributed by atoms with Gasteiger partial charge in [-0.2, -0.15) is 0 Å². The lowest BCUT2D eigenvalue weighted by Gasteiger charge is -2.40. The molecule has 1 rings (SSSR count). The Bertz CT molecular complexity index is 265. The lowest BCUT2D eigenvalue weighted by atomic mass is 9.99. The monoisotopic (exact) mass is 268 g/mol. The summed E-state index contributed by atoms with van der Waals surface area (Å²) in [7, 11) is -1.58. The minimum atomic E-state index is -1.58. The Morgan fingerprint density at radius 2 is 1.94 bits per heavy atom. The van der Waals surface area contributed by atoms with Gasteiger partial charge in [0.1, 0.15) is 0 Å². The van der Waals surface area contributed by atoms with E-state index in [1.807, 2.05) is 6.08 Å². The molecule has 106 valence electrons. The second kappa shape index (κ2) is 6.38. The predicted molar refractivity (Wildman–Crippen MR) is 83.5 cm³/mol. The van der Waals surface area contributed by atoms with E-state index in [0.29, 0.717) is 11.1 Å². The number of allylic oxidation sites excluding steroid dienone is 1. The maximum atomic E-state index is 6.62. The maximum absolute atomic E-state index is 6.62. The zero-order valence-electron chi connectivity index (χ0n) is 13.1. The molecule has 1 fully saturated rings. The molecule has 0 aliphatic heterocycles. The molecule has 0 aromatic carbocycles. The first-order valence-corrected chi connectivity index (χ1v) is 10.5. The Morgan fingerprint density at radius 1 is 1.28 bits per heavy atom. The Hall–Kier alpha value is -0.0831. The molecule has 1 saturated carbocycles. The quantitative estimate of drug-likeness (QED) is 0.349. The molecule has 0 amide bonds. The SMILES string of the molecule is C=CCCC[C@@H]1CCC[C@H]1O[Si](C)(C)C(C)(C)C. The summed E-state index contributed by atoms with van der Waals surface area (Å²) in [5, 5.41) is 0.335. The van der Waals surface area contributed by atoms with Gasteiger partial charge in [0.25, 0.3) is 0 Å². The van der Waals surface area contributed by atoms with Crippen LogP contribution in [0.2, 0.25) is 18.1 Å². The minimum absolute atomic E-state index is 0.335. The molecule has 2 atom stereocenters. The van der Waals surface area contributed by atoms with Crippen molar-refractivity contribution in [2.24, 2.45) is 5.92 Å². The third kappa shape index (κ3) is 4.24. The van der Waals surface area contributed by atoms with Gasteiger partial charge in [0, 0.05) is 6.10 Å². The standard InChI is InChI=1S/C16H32OSi/c1-7-8-9-11-14-12-10-13-15(14)17-18(5,6)16(2,3)4/h7,14-15H,1,8-13H2,2-6H3/t14-,15-/m1/s1. The van der Waals surface area contributed by atoms with E-state index < -0.39 is 8.32 Å². The molecular weight excluding hydrogens is 236 g/mol. The average Bonchev–Trinajstić information content (AvgIpc) is 2.64. The Morgan fingerprint density at radius 3 is 2.50 bits per heavy atom. The molecule has 1 aliphatic carbocycles. The van der Waals surface area contributed by atoms with Crippen LogP contribution < -0.4 is 0 Å². The van der Waals surface area contributed by atoms with E-state index >= 15 is 0 Å². The molecule has 1 nitrogen and oxygen atoms in total. The summed E-state index contributed by atoms with van der Waals surface area (Å²) in [6.45, 7) is 15.6. The highest BCUT2D eigenvalue weighted by Gasteiger charge is 2.41. The Balaban J connectivity index is 2.52. The minimum Gasteiger partial charge on any atom is -0.414 e. The van der Waals surface area contributed by atoms with Crippen LogP contribution in [-0.2, 0) is 4.43 Å². The summed E-state index contributed by atoms with van der Waals surface area (Å²) in [5.74, 6) is 0.805. The van der Waals surface area contributed by atoms with Crippen LogP contribution in [0.5, 0.6) is 0 Å². The third-order valence-corrected chi connectivity index (χ3v) is 9.33. The summed E-state index contributed by atoms with van der Waals surface area (Å²) >= 11 is 0. The van der Waals surface area contributed by atoms with Crippen LogP contribution in [-0.4, -0.2) is 14.4 Å². The van der Waals surface area contributed by atoms with Crippen LogP contribution in [0.25, 0.3) is 0 Å². The van der Waals surface area contributed by atoms with Crippen molar-refractivity contribution in [3.63, 3.8) is 0 Å². The molecule has 1 aliphatic rings. The largest absolute Gasteiger partial charge is 0.414 e. The van der Waals surface area contributed by atoms with Gasteiger partial charge in [0.05, 0.1) is 0 Å². The van der Waals surface area contributed by atoms with E-state index in [9.17, 15) is 0 Å². The fourth-order valence-corrected chi connectivity index (χ4v) is 3.99. The Kier molecular flexibility index (Phi) is 5.66. The first-order valence-electron chi connectivity index (χ1n) is 7.56. The average molecular weight is 269 g/mol. The lowest BCUT2D eigenvalue weighted by Crippen LogP contribution is -2.44. The van der Waals surface area contributed by atoms with Crippen molar-refractivity contribution in [1.82, 2.24) is 0 Å². The van der Waals surface area contributed by atoms with E-state index in [4.69, 9.17) is 4.43 Å². The van der Waals surface area contributed by atoms with E-state index in [-0.39, 0.29) is 0 Å². The summed E-state index contributed by atoms with van der Waals surface area (Å²) in [4.78, 5) is 0. The van der Waals surface area contributed by atoms with Crippen LogP contribution in [0, 0.1) is 5.92 Å². The summed E-state index contributed by atoms with van der Waals surface area (Å²) < 4.78 is 6.62. The highest BCUT2D eigenvalue weighted by Crippen LogP contribution is 2.41. The van der Waals surface area contributed by atoms with E-state index in [1.54, 1.807) is 0 Å². The molecular formula is C16H32OSi. The molecule has 0 N–H and O–H groups in total. The van der Waals surface area contributed by atoms with Crippen LogP contribution in [0.4, 0.5) is 0 Å². The van der Waals surface area contributed by atoms with E-state index in [1.165, 1.54) is 32.1 Å². The van der Waals surface area contributed by atoms with Gasteiger partial charge < -0.3 is 4.43 Å². The van der Waals surface area contributed by atoms with Gasteiger partial charge in [-0.25, -0.2) is 0 Å². The lowest BCUT2D eigenvalue weighted by molar-refractivity contribution is 0.135. The van der Waals surface area contributed by atoms with Gasteiger partial charge in [-0.3, -0.25) is 0 Å². The van der Waals surface area contributed by atoms with Crippen molar-refractivity contribution in [2.45, 2.75) is 83.5 Å². The normalized spacial score (nSPS) is 25.4.